The van der Waals surface area contributed by atoms with Crippen molar-refractivity contribution < 1.29 is 4.92 Å². The number of thiophene rings is 1. The van der Waals surface area contributed by atoms with Crippen molar-refractivity contribution in [2.24, 2.45) is 17.1 Å². The number of nitriles is 3. The largest absolute Gasteiger partial charge is 0.399 e. The van der Waals surface area contributed by atoms with Crippen molar-refractivity contribution in [2.75, 3.05) is 20.1 Å². The number of fused-ring (bicyclic) bond motifs is 1. The van der Waals surface area contributed by atoms with Gasteiger partial charge >= 0.3 is 0 Å². The summed E-state index contributed by atoms with van der Waals surface area (Å²) >= 11 is 1.13. The predicted molar refractivity (Wildman–Crippen MR) is 93.3 cm³/mol. The number of likely N-dealkylation sites (N-methyl/N-ethyl adjacent to an activating group) is 1. The predicted octanol–water partition coefficient (Wildman–Crippen LogP) is 2.01. The molecular weight excluding hydrogens is 352 g/mol. The SMILES string of the molecule is CN1CC=C2C(C#N)=C(N)C(C#N)(C#N)[C@@H](c3cc([N+](=O)[O-])cs3)[C@@H]2C1. The van der Waals surface area contributed by atoms with Crippen molar-refractivity contribution in [2.45, 2.75) is 5.92 Å². The van der Waals surface area contributed by atoms with E-state index in [4.69, 9.17) is 5.73 Å². The maximum absolute atomic E-state index is 11.1. The number of hydrogen-bond acceptors (Lipinski definition) is 8. The lowest BCUT2D eigenvalue weighted by atomic mass is 9.59. The molecule has 0 saturated carbocycles. The van der Waals surface area contributed by atoms with Crippen molar-refractivity contribution >= 4 is 17.0 Å². The number of nitrogens with two attached hydrogens (primary N) is 1. The van der Waals surface area contributed by atoms with Crippen LogP contribution in [0.2, 0.25) is 0 Å². The van der Waals surface area contributed by atoms with Gasteiger partial charge in [-0.15, -0.1) is 11.3 Å². The fourth-order valence-electron chi connectivity index (χ4n) is 3.73. The molecule has 1 aromatic heterocycles. The number of rotatable bonds is 2. The molecule has 3 rings (SSSR count). The fraction of sp³-hybridized carbons (Fsp3) is 0.353. The summed E-state index contributed by atoms with van der Waals surface area (Å²) in [5, 5.41) is 41.8. The number of nitro groups is 1. The van der Waals surface area contributed by atoms with Crippen LogP contribution in [0, 0.1) is 55.4 Å². The Morgan fingerprint density at radius 2 is 2.12 bits per heavy atom. The molecule has 8 nitrogen and oxygen atoms in total. The second kappa shape index (κ2) is 6.27. The van der Waals surface area contributed by atoms with E-state index < -0.39 is 16.3 Å². The first-order valence-electron chi connectivity index (χ1n) is 7.74. The molecule has 9 heteroatoms. The molecule has 0 saturated heterocycles. The van der Waals surface area contributed by atoms with Crippen molar-refractivity contribution in [3.05, 3.63) is 49.4 Å². The average Bonchev–Trinajstić information content (AvgIpc) is 3.11. The van der Waals surface area contributed by atoms with Gasteiger partial charge in [0.1, 0.15) is 6.07 Å². The maximum atomic E-state index is 11.1. The molecule has 2 aliphatic rings. The molecule has 1 aliphatic carbocycles. The van der Waals surface area contributed by atoms with Crippen LogP contribution in [0.4, 0.5) is 5.69 Å². The molecule has 1 aromatic rings. The second-order valence-corrected chi connectivity index (χ2v) is 7.30. The summed E-state index contributed by atoms with van der Waals surface area (Å²) in [6, 6.07) is 7.47. The van der Waals surface area contributed by atoms with E-state index in [9.17, 15) is 25.9 Å². The van der Waals surface area contributed by atoms with Crippen LogP contribution in [0.5, 0.6) is 0 Å². The molecule has 130 valence electrons. The van der Waals surface area contributed by atoms with E-state index >= 15 is 0 Å². The summed E-state index contributed by atoms with van der Waals surface area (Å²) < 4.78 is 0. The van der Waals surface area contributed by atoms with Crippen LogP contribution in [0.3, 0.4) is 0 Å². The number of allylic oxidation sites excluding steroid dienone is 2. The monoisotopic (exact) mass is 366 g/mol. The molecule has 0 aromatic carbocycles. The molecule has 2 atom stereocenters. The fourth-order valence-corrected chi connectivity index (χ4v) is 4.82. The van der Waals surface area contributed by atoms with Crippen LogP contribution in [0.1, 0.15) is 10.8 Å². The third-order valence-electron chi connectivity index (χ3n) is 4.97. The van der Waals surface area contributed by atoms with Gasteiger partial charge in [0.25, 0.3) is 5.69 Å². The lowest BCUT2D eigenvalue weighted by molar-refractivity contribution is -0.384. The molecule has 1 aliphatic heterocycles. The Bertz CT molecular complexity index is 957. The molecule has 0 bridgehead atoms. The van der Waals surface area contributed by atoms with Crippen LogP contribution in [-0.2, 0) is 0 Å². The summed E-state index contributed by atoms with van der Waals surface area (Å²) in [4.78, 5) is 13.1. The molecule has 2 heterocycles. The first-order chi connectivity index (χ1) is 12.4. The van der Waals surface area contributed by atoms with Gasteiger partial charge in [0.15, 0.2) is 5.41 Å². The van der Waals surface area contributed by atoms with E-state index in [0.29, 0.717) is 23.5 Å². The summed E-state index contributed by atoms with van der Waals surface area (Å²) in [6.45, 7) is 1.14. The molecule has 0 amide bonds. The Kier molecular flexibility index (Phi) is 4.25. The summed E-state index contributed by atoms with van der Waals surface area (Å²) in [5.41, 5.74) is 5.14. The van der Waals surface area contributed by atoms with Gasteiger partial charge in [-0.3, -0.25) is 10.1 Å². The van der Waals surface area contributed by atoms with Gasteiger partial charge in [0, 0.05) is 35.9 Å². The Morgan fingerprint density at radius 3 is 2.65 bits per heavy atom. The highest BCUT2D eigenvalue weighted by molar-refractivity contribution is 7.10. The van der Waals surface area contributed by atoms with Crippen LogP contribution < -0.4 is 5.73 Å². The minimum absolute atomic E-state index is 0.0712. The van der Waals surface area contributed by atoms with E-state index in [-0.39, 0.29) is 22.9 Å². The zero-order chi connectivity index (χ0) is 19.1. The Labute approximate surface area is 153 Å². The van der Waals surface area contributed by atoms with Gasteiger partial charge in [-0.05, 0) is 12.6 Å². The minimum atomic E-state index is -1.75. The Balaban J connectivity index is 2.30. The first kappa shape index (κ1) is 17.6. The molecule has 0 radical (unpaired) electrons. The van der Waals surface area contributed by atoms with Crippen LogP contribution in [0.15, 0.2) is 34.4 Å². The topological polar surface area (TPSA) is 144 Å². The Hall–Kier alpha value is -3.19. The van der Waals surface area contributed by atoms with Crippen molar-refractivity contribution in [3.8, 4) is 18.2 Å². The molecule has 0 spiro atoms. The maximum Gasteiger partial charge on any atom is 0.280 e. The van der Waals surface area contributed by atoms with Gasteiger partial charge in [0.05, 0.1) is 33.7 Å². The highest BCUT2D eigenvalue weighted by Gasteiger charge is 2.55. The zero-order valence-corrected chi connectivity index (χ0v) is 14.7. The van der Waals surface area contributed by atoms with Crippen molar-refractivity contribution in [3.63, 3.8) is 0 Å². The number of nitrogens with zero attached hydrogens (tertiary/aromatic N) is 5. The summed E-state index contributed by atoms with van der Waals surface area (Å²) in [7, 11) is 1.90. The van der Waals surface area contributed by atoms with E-state index in [2.05, 4.69) is 0 Å². The van der Waals surface area contributed by atoms with Crippen LogP contribution in [0.25, 0.3) is 0 Å². The minimum Gasteiger partial charge on any atom is -0.399 e. The lowest BCUT2D eigenvalue weighted by Crippen LogP contribution is -2.47. The highest BCUT2D eigenvalue weighted by atomic mass is 32.1. The van der Waals surface area contributed by atoms with E-state index in [1.165, 1.54) is 11.4 Å². The lowest BCUT2D eigenvalue weighted by Gasteiger charge is -2.44. The highest BCUT2D eigenvalue weighted by Crippen LogP contribution is 2.55. The molecule has 0 unspecified atom stereocenters. The Morgan fingerprint density at radius 1 is 1.42 bits per heavy atom. The standard InChI is InChI=1S/C17H14N6O2S/c1-22-3-2-11-12(5-18)16(21)17(8-19,9-20)15(13(11)6-22)14-4-10(7-26-14)23(24)25/h2,4,7,13,15H,3,6,21H2,1H3/t13-,15-/m1/s1. The van der Waals surface area contributed by atoms with E-state index in [0.717, 1.165) is 11.3 Å². The van der Waals surface area contributed by atoms with Gasteiger partial charge in [-0.1, -0.05) is 6.08 Å². The first-order valence-corrected chi connectivity index (χ1v) is 8.62. The van der Waals surface area contributed by atoms with E-state index in [1.807, 2.05) is 36.2 Å². The quantitative estimate of drug-likeness (QED) is 0.622. The molecule has 0 fully saturated rings. The van der Waals surface area contributed by atoms with Crippen molar-refractivity contribution in [1.29, 1.82) is 15.8 Å². The normalized spacial score (nSPS) is 24.6. The average molecular weight is 366 g/mol. The number of hydrogen-bond donors (Lipinski definition) is 1. The van der Waals surface area contributed by atoms with Gasteiger partial charge in [-0.25, -0.2) is 0 Å². The van der Waals surface area contributed by atoms with E-state index in [1.54, 1.807) is 0 Å². The third kappa shape index (κ3) is 2.36. The molecular formula is C17H14N6O2S. The molecule has 2 N–H and O–H groups in total. The second-order valence-electron chi connectivity index (χ2n) is 6.36. The van der Waals surface area contributed by atoms with Crippen molar-refractivity contribution in [1.82, 2.24) is 4.90 Å². The summed E-state index contributed by atoms with van der Waals surface area (Å²) in [6.07, 6.45) is 1.88. The van der Waals surface area contributed by atoms with Crippen LogP contribution >= 0.6 is 11.3 Å². The van der Waals surface area contributed by atoms with Gasteiger partial charge in [-0.2, -0.15) is 15.8 Å². The smallest absolute Gasteiger partial charge is 0.280 e. The third-order valence-corrected chi connectivity index (χ3v) is 5.97. The van der Waals surface area contributed by atoms with Gasteiger partial charge < -0.3 is 10.6 Å². The zero-order valence-electron chi connectivity index (χ0n) is 13.8. The van der Waals surface area contributed by atoms with Gasteiger partial charge in [0.2, 0.25) is 0 Å². The summed E-state index contributed by atoms with van der Waals surface area (Å²) in [5.74, 6) is -1.00. The molecule has 26 heavy (non-hydrogen) atoms. The van der Waals surface area contributed by atoms with Crippen LogP contribution in [-0.4, -0.2) is 30.0 Å².